The van der Waals surface area contributed by atoms with E-state index in [0.717, 1.165) is 23.4 Å². The summed E-state index contributed by atoms with van der Waals surface area (Å²) in [4.78, 5) is 12.1. The van der Waals surface area contributed by atoms with Crippen LogP contribution in [0.2, 0.25) is 0 Å². The molecular weight excluding hydrogens is 356 g/mol. The van der Waals surface area contributed by atoms with Crippen LogP contribution in [0.15, 0.2) is 24.3 Å². The lowest BCUT2D eigenvalue weighted by atomic mass is 10.3. The third-order valence-corrected chi connectivity index (χ3v) is 5.49. The molecule has 0 spiro atoms. The van der Waals surface area contributed by atoms with Gasteiger partial charge < -0.3 is 14.8 Å². The van der Waals surface area contributed by atoms with Crippen molar-refractivity contribution in [3.05, 3.63) is 24.3 Å². The van der Waals surface area contributed by atoms with Crippen molar-refractivity contribution in [3.8, 4) is 5.75 Å². The summed E-state index contributed by atoms with van der Waals surface area (Å²) in [6.07, 6.45) is 6.86. The van der Waals surface area contributed by atoms with Gasteiger partial charge >= 0.3 is 0 Å². The molecule has 1 aliphatic rings. The predicted molar refractivity (Wildman–Crippen MR) is 101 cm³/mol. The lowest BCUT2D eigenvalue weighted by molar-refractivity contribution is -0.119. The topological polar surface area (TPSA) is 84.9 Å². The monoisotopic (exact) mass is 384 g/mol. The molecule has 0 heterocycles. The summed E-state index contributed by atoms with van der Waals surface area (Å²) in [5.74, 6) is 0.279. The summed E-state index contributed by atoms with van der Waals surface area (Å²) in [5, 5.41) is 2.75. The van der Waals surface area contributed by atoms with E-state index in [4.69, 9.17) is 9.47 Å². The van der Waals surface area contributed by atoms with E-state index in [0.29, 0.717) is 37.1 Å². The second kappa shape index (κ2) is 9.78. The minimum Gasteiger partial charge on any atom is -0.497 e. The van der Waals surface area contributed by atoms with E-state index in [-0.39, 0.29) is 12.5 Å². The fourth-order valence-electron chi connectivity index (χ4n) is 2.94. The first-order valence-corrected chi connectivity index (χ1v) is 10.7. The summed E-state index contributed by atoms with van der Waals surface area (Å²) in [6, 6.07) is 6.54. The Labute approximate surface area is 155 Å². The normalized spacial score (nSPS) is 15.0. The van der Waals surface area contributed by atoms with E-state index in [1.54, 1.807) is 24.3 Å². The zero-order chi connectivity index (χ0) is 19.0. The van der Waals surface area contributed by atoms with Crippen LogP contribution in [0.1, 0.15) is 32.1 Å². The molecule has 1 fully saturated rings. The highest BCUT2D eigenvalue weighted by Crippen LogP contribution is 2.22. The van der Waals surface area contributed by atoms with E-state index < -0.39 is 10.0 Å². The average molecular weight is 384 g/mol. The molecule has 0 aromatic heterocycles. The number of carbonyl (C=O) groups is 1. The highest BCUT2D eigenvalue weighted by molar-refractivity contribution is 7.92. The van der Waals surface area contributed by atoms with Crippen LogP contribution >= 0.6 is 0 Å². The van der Waals surface area contributed by atoms with E-state index >= 15 is 0 Å². The first-order valence-electron chi connectivity index (χ1n) is 8.90. The van der Waals surface area contributed by atoms with Crippen molar-refractivity contribution in [2.75, 3.05) is 37.4 Å². The van der Waals surface area contributed by atoms with Crippen LogP contribution in [-0.2, 0) is 19.6 Å². The Morgan fingerprint density at radius 1 is 1.23 bits per heavy atom. The van der Waals surface area contributed by atoms with Crippen LogP contribution < -0.4 is 14.4 Å². The van der Waals surface area contributed by atoms with Gasteiger partial charge in [0, 0.05) is 13.2 Å². The van der Waals surface area contributed by atoms with E-state index in [1.807, 2.05) is 0 Å². The number of ether oxygens (including phenoxy) is 2. The minimum atomic E-state index is -3.57. The number of benzene rings is 1. The smallest absolute Gasteiger partial charge is 0.240 e. The molecule has 26 heavy (non-hydrogen) atoms. The van der Waals surface area contributed by atoms with Gasteiger partial charge in [-0.15, -0.1) is 0 Å². The Bertz CT molecular complexity index is 669. The zero-order valence-electron chi connectivity index (χ0n) is 15.4. The maximum Gasteiger partial charge on any atom is 0.240 e. The fraction of sp³-hybridized carbons (Fsp3) is 0.611. The standard InChI is InChI=1S/C18H28N2O5S/c1-24-16-10-8-15(9-11-16)20(26(2,22)23)14-18(21)19-12-5-13-25-17-6-3-4-7-17/h8-11,17H,3-7,12-14H2,1-2H3,(H,19,21). The maximum atomic E-state index is 12.1. The molecule has 8 heteroatoms. The number of anilines is 1. The summed E-state index contributed by atoms with van der Waals surface area (Å²) < 4.78 is 36.0. The van der Waals surface area contributed by atoms with Crippen molar-refractivity contribution in [1.29, 1.82) is 0 Å². The second-order valence-corrected chi connectivity index (χ2v) is 8.36. The lowest BCUT2D eigenvalue weighted by Crippen LogP contribution is -2.40. The van der Waals surface area contributed by atoms with Crippen molar-refractivity contribution >= 4 is 21.6 Å². The lowest BCUT2D eigenvalue weighted by Gasteiger charge is -2.22. The van der Waals surface area contributed by atoms with E-state index in [9.17, 15) is 13.2 Å². The van der Waals surface area contributed by atoms with Crippen molar-refractivity contribution in [1.82, 2.24) is 5.32 Å². The molecule has 146 valence electrons. The third kappa shape index (κ3) is 6.49. The molecule has 1 saturated carbocycles. The highest BCUT2D eigenvalue weighted by Gasteiger charge is 2.21. The van der Waals surface area contributed by atoms with Crippen molar-refractivity contribution in [3.63, 3.8) is 0 Å². The van der Waals surface area contributed by atoms with Gasteiger partial charge in [0.05, 0.1) is 25.2 Å². The number of nitrogens with zero attached hydrogens (tertiary/aromatic N) is 1. The number of amides is 1. The molecular formula is C18H28N2O5S. The molecule has 1 aromatic carbocycles. The van der Waals surface area contributed by atoms with Gasteiger partial charge in [-0.25, -0.2) is 8.42 Å². The van der Waals surface area contributed by atoms with Crippen molar-refractivity contribution in [2.45, 2.75) is 38.2 Å². The molecule has 1 aliphatic carbocycles. The van der Waals surface area contributed by atoms with Gasteiger partial charge in [-0.3, -0.25) is 9.10 Å². The van der Waals surface area contributed by atoms with Gasteiger partial charge in [-0.2, -0.15) is 0 Å². The van der Waals surface area contributed by atoms with Crippen LogP contribution in [0.3, 0.4) is 0 Å². The van der Waals surface area contributed by atoms with Crippen molar-refractivity contribution in [2.24, 2.45) is 0 Å². The molecule has 0 aliphatic heterocycles. The maximum absolute atomic E-state index is 12.1. The van der Waals surface area contributed by atoms with Crippen LogP contribution in [0.25, 0.3) is 0 Å². The summed E-state index contributed by atoms with van der Waals surface area (Å²) >= 11 is 0. The number of nitrogens with one attached hydrogen (secondary N) is 1. The summed E-state index contributed by atoms with van der Waals surface area (Å²) in [5.41, 5.74) is 0.424. The van der Waals surface area contributed by atoms with Crippen LogP contribution in [0.4, 0.5) is 5.69 Å². The molecule has 0 atom stereocenters. The second-order valence-electron chi connectivity index (χ2n) is 6.45. The molecule has 0 unspecified atom stereocenters. The first-order chi connectivity index (χ1) is 12.4. The van der Waals surface area contributed by atoms with Gasteiger partial charge in [0.2, 0.25) is 15.9 Å². The molecule has 1 amide bonds. The van der Waals surface area contributed by atoms with E-state index in [1.165, 1.54) is 20.0 Å². The number of hydrogen-bond acceptors (Lipinski definition) is 5. The molecule has 0 bridgehead atoms. The number of hydrogen-bond donors (Lipinski definition) is 1. The minimum absolute atomic E-state index is 0.255. The Morgan fingerprint density at radius 2 is 1.88 bits per heavy atom. The Balaban J connectivity index is 1.80. The largest absolute Gasteiger partial charge is 0.497 e. The average Bonchev–Trinajstić information content (AvgIpc) is 3.12. The fourth-order valence-corrected chi connectivity index (χ4v) is 3.80. The Kier molecular flexibility index (Phi) is 7.71. The number of sulfonamides is 1. The number of methoxy groups -OCH3 is 1. The molecule has 0 radical (unpaired) electrons. The summed E-state index contributed by atoms with van der Waals surface area (Å²) in [6.45, 7) is 0.819. The van der Waals surface area contributed by atoms with Gasteiger partial charge in [0.1, 0.15) is 12.3 Å². The van der Waals surface area contributed by atoms with Gasteiger partial charge in [0.25, 0.3) is 0 Å². The van der Waals surface area contributed by atoms with E-state index in [2.05, 4.69) is 5.32 Å². The van der Waals surface area contributed by atoms with Crippen LogP contribution in [-0.4, -0.2) is 53.5 Å². The SMILES string of the molecule is COc1ccc(N(CC(=O)NCCCOC2CCCC2)S(C)(=O)=O)cc1. The first kappa shape index (κ1) is 20.5. The molecule has 2 rings (SSSR count). The molecule has 0 saturated heterocycles. The highest BCUT2D eigenvalue weighted by atomic mass is 32.2. The van der Waals surface area contributed by atoms with Crippen LogP contribution in [0.5, 0.6) is 5.75 Å². The van der Waals surface area contributed by atoms with Gasteiger partial charge in [0.15, 0.2) is 0 Å². The van der Waals surface area contributed by atoms with Gasteiger partial charge in [-0.1, -0.05) is 12.8 Å². The summed E-state index contributed by atoms with van der Waals surface area (Å²) in [7, 11) is -2.04. The predicted octanol–water partition coefficient (Wildman–Crippen LogP) is 1.93. The van der Waals surface area contributed by atoms with Crippen molar-refractivity contribution < 1.29 is 22.7 Å². The zero-order valence-corrected chi connectivity index (χ0v) is 16.3. The molecule has 1 aromatic rings. The van der Waals surface area contributed by atoms with Gasteiger partial charge in [-0.05, 0) is 43.5 Å². The molecule has 1 N–H and O–H groups in total. The molecule has 7 nitrogen and oxygen atoms in total. The Hall–Kier alpha value is -1.80. The number of rotatable bonds is 10. The quantitative estimate of drug-likeness (QED) is 0.623. The number of carbonyl (C=O) groups excluding carboxylic acids is 1. The third-order valence-electron chi connectivity index (χ3n) is 4.35. The van der Waals surface area contributed by atoms with Crippen LogP contribution in [0, 0.1) is 0 Å². The Morgan fingerprint density at radius 3 is 2.46 bits per heavy atom.